The number of aromatic amines is 1. The van der Waals surface area contributed by atoms with Crippen LogP contribution in [0.5, 0.6) is 0 Å². The van der Waals surface area contributed by atoms with Crippen LogP contribution < -0.4 is 5.32 Å². The van der Waals surface area contributed by atoms with Crippen LogP contribution in [-0.2, 0) is 0 Å². The van der Waals surface area contributed by atoms with Crippen molar-refractivity contribution >= 4 is 39.1 Å². The first kappa shape index (κ1) is 13.3. The molecule has 0 spiro atoms. The monoisotopic (exact) mass is 301 g/mol. The minimum absolute atomic E-state index is 0.0715. The third-order valence-corrected chi connectivity index (χ3v) is 3.92. The second-order valence-electron chi connectivity index (χ2n) is 4.50. The van der Waals surface area contributed by atoms with E-state index in [1.807, 2.05) is 0 Å². The van der Waals surface area contributed by atoms with Gasteiger partial charge in [-0.05, 0) is 25.1 Å². The van der Waals surface area contributed by atoms with Gasteiger partial charge in [-0.15, -0.1) is 11.3 Å². The molecule has 3 aromatic rings. The molecule has 0 aliphatic heterocycles. The third-order valence-electron chi connectivity index (χ3n) is 3.13. The van der Waals surface area contributed by atoms with E-state index in [2.05, 4.69) is 15.3 Å². The predicted octanol–water partition coefficient (Wildman–Crippen LogP) is 2.88. The van der Waals surface area contributed by atoms with E-state index in [0.29, 0.717) is 11.3 Å². The Balaban J connectivity index is 1.91. The number of rotatable bonds is 3. The van der Waals surface area contributed by atoms with Crippen molar-refractivity contribution in [1.29, 1.82) is 0 Å². The Morgan fingerprint density at radius 2 is 2.19 bits per heavy atom. The first-order valence-corrected chi connectivity index (χ1v) is 7.00. The largest absolute Gasteiger partial charge is 0.478 e. The lowest BCUT2D eigenvalue weighted by molar-refractivity contribution is 0.0697. The summed E-state index contributed by atoms with van der Waals surface area (Å²) < 4.78 is 0.909. The molecule has 0 saturated heterocycles. The second kappa shape index (κ2) is 5.02. The van der Waals surface area contributed by atoms with Gasteiger partial charge in [-0.25, -0.2) is 9.78 Å². The summed E-state index contributed by atoms with van der Waals surface area (Å²) in [6, 6.07) is 5.17. The number of fused-ring (bicyclic) bond motifs is 1. The molecule has 7 heteroatoms. The summed E-state index contributed by atoms with van der Waals surface area (Å²) >= 11 is 1.45. The zero-order chi connectivity index (χ0) is 15.0. The molecule has 0 fully saturated rings. The number of nitrogens with zero attached hydrogens (tertiary/aromatic N) is 1. The molecule has 6 nitrogen and oxygen atoms in total. The number of H-pyrrole nitrogens is 1. The number of benzene rings is 1. The summed E-state index contributed by atoms with van der Waals surface area (Å²) in [4.78, 5) is 30.4. The zero-order valence-corrected chi connectivity index (χ0v) is 11.8. The topological polar surface area (TPSA) is 95.1 Å². The number of aryl methyl sites for hydroxylation is 1. The van der Waals surface area contributed by atoms with E-state index in [9.17, 15) is 9.59 Å². The van der Waals surface area contributed by atoms with Crippen molar-refractivity contribution in [3.8, 4) is 0 Å². The Morgan fingerprint density at radius 3 is 2.95 bits per heavy atom. The van der Waals surface area contributed by atoms with Crippen molar-refractivity contribution < 1.29 is 14.7 Å². The fourth-order valence-corrected chi connectivity index (χ4v) is 2.81. The van der Waals surface area contributed by atoms with Crippen LogP contribution in [0.25, 0.3) is 10.2 Å². The Kier molecular flexibility index (Phi) is 3.19. The molecular weight excluding hydrogens is 290 g/mol. The van der Waals surface area contributed by atoms with Crippen molar-refractivity contribution in [2.45, 2.75) is 6.92 Å². The van der Waals surface area contributed by atoms with E-state index < -0.39 is 5.97 Å². The number of hydrogen-bond acceptors (Lipinski definition) is 4. The van der Waals surface area contributed by atoms with Crippen molar-refractivity contribution in [3.63, 3.8) is 0 Å². The number of aromatic nitrogens is 2. The van der Waals surface area contributed by atoms with Gasteiger partial charge in [-0.1, -0.05) is 0 Å². The Labute approximate surface area is 123 Å². The smallest absolute Gasteiger partial charge is 0.339 e. The van der Waals surface area contributed by atoms with Gasteiger partial charge < -0.3 is 15.4 Å². The number of anilines is 1. The first-order chi connectivity index (χ1) is 10.1. The highest BCUT2D eigenvalue weighted by Crippen LogP contribution is 2.22. The SMILES string of the molecule is Cc1[nH]cc(NC(=O)c2ccc3ncsc3c2)c1C(=O)O. The fourth-order valence-electron chi connectivity index (χ4n) is 2.09. The standard InChI is InChI=1S/C14H11N3O3S/c1-7-12(14(19)20)10(5-15-7)17-13(18)8-2-3-9-11(4-8)21-6-16-9/h2-6,15H,1H3,(H,17,18)(H,19,20). The quantitative estimate of drug-likeness (QED) is 0.693. The minimum Gasteiger partial charge on any atom is -0.478 e. The van der Waals surface area contributed by atoms with Gasteiger partial charge in [0.25, 0.3) is 5.91 Å². The number of amides is 1. The molecule has 0 aliphatic carbocycles. The molecule has 3 N–H and O–H groups in total. The number of aromatic carboxylic acids is 1. The Hall–Kier alpha value is -2.67. The average Bonchev–Trinajstić information content (AvgIpc) is 3.04. The molecule has 106 valence electrons. The lowest BCUT2D eigenvalue weighted by Gasteiger charge is -2.05. The van der Waals surface area contributed by atoms with Crippen LogP contribution in [0.2, 0.25) is 0 Å². The molecular formula is C14H11N3O3S. The molecule has 21 heavy (non-hydrogen) atoms. The first-order valence-electron chi connectivity index (χ1n) is 6.12. The van der Waals surface area contributed by atoms with Crippen LogP contribution in [0.4, 0.5) is 5.69 Å². The molecule has 0 bridgehead atoms. The highest BCUT2D eigenvalue weighted by atomic mass is 32.1. The molecule has 3 rings (SSSR count). The van der Waals surface area contributed by atoms with Gasteiger partial charge in [0.05, 0.1) is 21.4 Å². The summed E-state index contributed by atoms with van der Waals surface area (Å²) in [5.74, 6) is -1.44. The van der Waals surface area contributed by atoms with Gasteiger partial charge in [0.2, 0.25) is 0 Å². The summed E-state index contributed by atoms with van der Waals surface area (Å²) in [5.41, 5.74) is 3.83. The van der Waals surface area contributed by atoms with Gasteiger partial charge in [0, 0.05) is 17.5 Å². The second-order valence-corrected chi connectivity index (χ2v) is 5.38. The minimum atomic E-state index is -1.08. The van der Waals surface area contributed by atoms with Crippen molar-refractivity contribution in [3.05, 3.63) is 46.7 Å². The van der Waals surface area contributed by atoms with Crippen LogP contribution in [0, 0.1) is 6.92 Å². The van der Waals surface area contributed by atoms with Crippen molar-refractivity contribution in [2.75, 3.05) is 5.32 Å². The summed E-state index contributed by atoms with van der Waals surface area (Å²) in [7, 11) is 0. The van der Waals surface area contributed by atoms with E-state index >= 15 is 0 Å². The molecule has 0 unspecified atom stereocenters. The number of hydrogen-bond donors (Lipinski definition) is 3. The maximum absolute atomic E-state index is 12.2. The lowest BCUT2D eigenvalue weighted by Crippen LogP contribution is -2.13. The molecule has 0 saturated carbocycles. The molecule has 1 aromatic carbocycles. The van der Waals surface area contributed by atoms with E-state index in [-0.39, 0.29) is 17.2 Å². The highest BCUT2D eigenvalue weighted by molar-refractivity contribution is 7.16. The summed E-state index contributed by atoms with van der Waals surface area (Å²) in [6.45, 7) is 1.64. The van der Waals surface area contributed by atoms with Gasteiger partial charge in [-0.2, -0.15) is 0 Å². The molecule has 0 radical (unpaired) electrons. The van der Waals surface area contributed by atoms with Gasteiger partial charge in [0.1, 0.15) is 5.56 Å². The lowest BCUT2D eigenvalue weighted by atomic mass is 10.2. The van der Waals surface area contributed by atoms with Gasteiger partial charge >= 0.3 is 5.97 Å². The maximum Gasteiger partial charge on any atom is 0.339 e. The number of carboxylic acid groups (broad SMARTS) is 1. The normalized spacial score (nSPS) is 10.7. The van der Waals surface area contributed by atoms with Crippen LogP contribution in [0.15, 0.2) is 29.9 Å². The van der Waals surface area contributed by atoms with E-state index in [4.69, 9.17) is 5.11 Å². The number of carbonyl (C=O) groups is 2. The third kappa shape index (κ3) is 2.38. The molecule has 1 amide bonds. The van der Waals surface area contributed by atoms with Crippen molar-refractivity contribution in [1.82, 2.24) is 9.97 Å². The van der Waals surface area contributed by atoms with Crippen molar-refractivity contribution in [2.24, 2.45) is 0 Å². The number of thiazole rings is 1. The van der Waals surface area contributed by atoms with E-state index in [1.54, 1.807) is 30.6 Å². The number of carbonyl (C=O) groups excluding carboxylic acids is 1. The molecule has 2 aromatic heterocycles. The Morgan fingerprint density at radius 1 is 1.38 bits per heavy atom. The average molecular weight is 301 g/mol. The fraction of sp³-hybridized carbons (Fsp3) is 0.0714. The zero-order valence-electron chi connectivity index (χ0n) is 11.0. The van der Waals surface area contributed by atoms with E-state index in [0.717, 1.165) is 10.2 Å². The summed E-state index contributed by atoms with van der Waals surface area (Å²) in [6.07, 6.45) is 1.47. The molecule has 0 aliphatic rings. The predicted molar refractivity (Wildman–Crippen MR) is 80.1 cm³/mol. The van der Waals surface area contributed by atoms with Crippen LogP contribution in [0.1, 0.15) is 26.4 Å². The van der Waals surface area contributed by atoms with Gasteiger partial charge in [-0.3, -0.25) is 4.79 Å². The number of carboxylic acids is 1. The van der Waals surface area contributed by atoms with Crippen LogP contribution in [0.3, 0.4) is 0 Å². The number of nitrogens with one attached hydrogen (secondary N) is 2. The Bertz CT molecular complexity index is 850. The van der Waals surface area contributed by atoms with Crippen LogP contribution >= 0.6 is 11.3 Å². The summed E-state index contributed by atoms with van der Waals surface area (Å²) in [5, 5.41) is 11.8. The molecule has 2 heterocycles. The maximum atomic E-state index is 12.2. The van der Waals surface area contributed by atoms with Crippen LogP contribution in [-0.4, -0.2) is 27.0 Å². The highest BCUT2D eigenvalue weighted by Gasteiger charge is 2.18. The van der Waals surface area contributed by atoms with E-state index in [1.165, 1.54) is 17.5 Å². The molecule has 0 atom stereocenters. The van der Waals surface area contributed by atoms with Gasteiger partial charge in [0.15, 0.2) is 0 Å².